The third-order valence-electron chi connectivity index (χ3n) is 4.90. The molecule has 0 spiro atoms. The summed E-state index contributed by atoms with van der Waals surface area (Å²) in [6.07, 6.45) is 1.43. The van der Waals surface area contributed by atoms with Gasteiger partial charge in [-0.05, 0) is 59.5 Å². The molecule has 0 saturated heterocycles. The molecule has 2 heterocycles. The van der Waals surface area contributed by atoms with Gasteiger partial charge in [-0.2, -0.15) is 5.21 Å². The van der Waals surface area contributed by atoms with Gasteiger partial charge in [-0.3, -0.25) is 4.79 Å². The minimum Gasteiger partial charge on any atom is -0.489 e. The third kappa shape index (κ3) is 4.49. The van der Waals surface area contributed by atoms with Crippen LogP contribution in [-0.4, -0.2) is 25.2 Å². The Morgan fingerprint density at radius 3 is 2.67 bits per heavy atom. The van der Waals surface area contributed by atoms with E-state index in [1.54, 1.807) is 17.7 Å². The van der Waals surface area contributed by atoms with Gasteiger partial charge in [-0.1, -0.05) is 46.3 Å². The molecule has 7 nitrogen and oxygen atoms in total. The zero-order chi connectivity index (χ0) is 20.9. The van der Waals surface area contributed by atoms with E-state index < -0.39 is 0 Å². The zero-order valence-electron chi connectivity index (χ0n) is 16.4. The Kier molecular flexibility index (Phi) is 6.04. The molecule has 2 aromatic carbocycles. The van der Waals surface area contributed by atoms with E-state index in [1.165, 1.54) is 0 Å². The summed E-state index contributed by atoms with van der Waals surface area (Å²) in [6.45, 7) is 0.507. The summed E-state index contributed by atoms with van der Waals surface area (Å²) in [5, 5.41) is 13.7. The Labute approximate surface area is 181 Å². The molecule has 0 unspecified atom stereocenters. The predicted molar refractivity (Wildman–Crippen MR) is 117 cm³/mol. The zero-order valence-corrected chi connectivity index (χ0v) is 18.0. The normalized spacial score (nSPS) is 10.9. The smallest absolute Gasteiger partial charge is 0.261 e. The van der Waals surface area contributed by atoms with Crippen LogP contribution in [0, 0.1) is 0 Å². The van der Waals surface area contributed by atoms with Gasteiger partial charge in [0.2, 0.25) is 5.82 Å². The quantitative estimate of drug-likeness (QED) is 0.449. The molecular formula is C22H20BrN5O2. The van der Waals surface area contributed by atoms with Crippen molar-refractivity contribution in [1.29, 1.82) is 0 Å². The number of rotatable bonds is 7. The van der Waals surface area contributed by atoms with Crippen molar-refractivity contribution in [2.45, 2.75) is 19.4 Å². The first kappa shape index (κ1) is 20.0. The van der Waals surface area contributed by atoms with Gasteiger partial charge >= 0.3 is 0 Å². The van der Waals surface area contributed by atoms with Crippen molar-refractivity contribution in [1.82, 2.24) is 25.2 Å². The number of nitrogens with one attached hydrogen (secondary N) is 1. The van der Waals surface area contributed by atoms with Gasteiger partial charge < -0.3 is 9.30 Å². The fraction of sp³-hybridized carbons (Fsp3) is 0.182. The van der Waals surface area contributed by atoms with Crippen molar-refractivity contribution in [3.63, 3.8) is 0 Å². The molecular weight excluding hydrogens is 446 g/mol. The fourth-order valence-electron chi connectivity index (χ4n) is 3.25. The topological polar surface area (TPSA) is 85.7 Å². The van der Waals surface area contributed by atoms with Crippen LogP contribution in [0.5, 0.6) is 5.75 Å². The van der Waals surface area contributed by atoms with Crippen molar-refractivity contribution in [2.24, 2.45) is 7.05 Å². The molecule has 0 amide bonds. The lowest BCUT2D eigenvalue weighted by Gasteiger charge is -2.14. The SMILES string of the molecule is Cn1c(CCc2cc(Br)ccc2OCc2ccccc2)ccc(-c2nn[nH]n2)c1=O. The molecule has 30 heavy (non-hydrogen) atoms. The highest BCUT2D eigenvalue weighted by Crippen LogP contribution is 2.26. The van der Waals surface area contributed by atoms with Crippen LogP contribution < -0.4 is 10.3 Å². The maximum Gasteiger partial charge on any atom is 0.261 e. The Hall–Kier alpha value is -3.26. The summed E-state index contributed by atoms with van der Waals surface area (Å²) < 4.78 is 8.70. The number of benzene rings is 2. The van der Waals surface area contributed by atoms with Gasteiger partial charge in [0, 0.05) is 17.2 Å². The van der Waals surface area contributed by atoms with E-state index in [9.17, 15) is 4.79 Å². The van der Waals surface area contributed by atoms with Gasteiger partial charge in [-0.15, -0.1) is 10.2 Å². The molecule has 8 heteroatoms. The summed E-state index contributed by atoms with van der Waals surface area (Å²) in [5.41, 5.74) is 3.38. The van der Waals surface area contributed by atoms with Crippen molar-refractivity contribution in [3.8, 4) is 17.1 Å². The Bertz CT molecular complexity index is 1190. The van der Waals surface area contributed by atoms with Gasteiger partial charge in [0.25, 0.3) is 5.56 Å². The minimum atomic E-state index is -0.149. The number of pyridine rings is 1. The maximum absolute atomic E-state index is 12.7. The first-order chi connectivity index (χ1) is 14.6. The highest BCUT2D eigenvalue weighted by Gasteiger charge is 2.13. The molecule has 2 aromatic heterocycles. The lowest BCUT2D eigenvalue weighted by molar-refractivity contribution is 0.303. The minimum absolute atomic E-state index is 0.149. The van der Waals surface area contributed by atoms with Crippen LogP contribution in [0.4, 0.5) is 0 Å². The molecule has 0 aliphatic heterocycles. The molecule has 0 fully saturated rings. The average molecular weight is 466 g/mol. The Morgan fingerprint density at radius 1 is 1.07 bits per heavy atom. The largest absolute Gasteiger partial charge is 0.489 e. The molecule has 1 N–H and O–H groups in total. The van der Waals surface area contributed by atoms with Crippen molar-refractivity contribution >= 4 is 15.9 Å². The first-order valence-electron chi connectivity index (χ1n) is 9.49. The second-order valence-corrected chi connectivity index (χ2v) is 7.78. The Morgan fingerprint density at radius 2 is 1.90 bits per heavy atom. The lowest BCUT2D eigenvalue weighted by Crippen LogP contribution is -2.22. The van der Waals surface area contributed by atoms with Gasteiger partial charge in [-0.25, -0.2) is 0 Å². The monoisotopic (exact) mass is 465 g/mol. The molecule has 152 valence electrons. The van der Waals surface area contributed by atoms with Crippen LogP contribution in [0.1, 0.15) is 16.8 Å². The molecule has 4 rings (SSSR count). The molecule has 0 saturated carbocycles. The number of ether oxygens (including phenoxy) is 1. The summed E-state index contributed by atoms with van der Waals surface area (Å²) in [7, 11) is 1.76. The number of H-pyrrole nitrogens is 1. The number of aromatic amines is 1. The predicted octanol–water partition coefficient (Wildman–Crippen LogP) is 3.69. The number of hydrogen-bond donors (Lipinski definition) is 1. The standard InChI is InChI=1S/C22H20BrN5O2/c1-28-18(10-11-19(22(28)29)21-24-26-27-25-21)9-7-16-13-17(23)8-12-20(16)30-14-15-5-3-2-4-6-15/h2-6,8,10-13H,7,9,14H2,1H3,(H,24,25,26,27). The number of tetrazole rings is 1. The molecule has 0 radical (unpaired) electrons. The van der Waals surface area contributed by atoms with Crippen molar-refractivity contribution < 1.29 is 4.74 Å². The van der Waals surface area contributed by atoms with E-state index in [0.717, 1.165) is 33.5 Å². The van der Waals surface area contributed by atoms with Crippen LogP contribution in [0.2, 0.25) is 0 Å². The van der Waals surface area contributed by atoms with Crippen LogP contribution in [0.3, 0.4) is 0 Å². The van der Waals surface area contributed by atoms with Crippen LogP contribution in [0.15, 0.2) is 69.9 Å². The highest BCUT2D eigenvalue weighted by molar-refractivity contribution is 9.10. The summed E-state index contributed by atoms with van der Waals surface area (Å²) in [4.78, 5) is 12.7. The molecule has 4 aromatic rings. The van der Waals surface area contributed by atoms with Crippen LogP contribution in [-0.2, 0) is 26.5 Å². The number of aromatic nitrogens is 5. The van der Waals surface area contributed by atoms with Gasteiger partial charge in [0.15, 0.2) is 0 Å². The molecule has 0 aliphatic carbocycles. The number of halogens is 1. The maximum atomic E-state index is 12.7. The number of hydrogen-bond acceptors (Lipinski definition) is 5. The molecule has 0 atom stereocenters. The van der Waals surface area contributed by atoms with E-state index in [2.05, 4.69) is 42.6 Å². The van der Waals surface area contributed by atoms with Crippen LogP contribution in [0.25, 0.3) is 11.4 Å². The number of nitrogens with zero attached hydrogens (tertiary/aromatic N) is 4. The van der Waals surface area contributed by atoms with E-state index in [-0.39, 0.29) is 5.56 Å². The van der Waals surface area contributed by atoms with Crippen LogP contribution >= 0.6 is 15.9 Å². The fourth-order valence-corrected chi connectivity index (χ4v) is 3.66. The highest BCUT2D eigenvalue weighted by atomic mass is 79.9. The van der Waals surface area contributed by atoms with Gasteiger partial charge in [0.05, 0.1) is 5.56 Å². The molecule has 0 aliphatic rings. The Balaban J connectivity index is 1.51. The summed E-state index contributed by atoms with van der Waals surface area (Å²) >= 11 is 3.54. The first-order valence-corrected chi connectivity index (χ1v) is 10.3. The van der Waals surface area contributed by atoms with E-state index >= 15 is 0 Å². The van der Waals surface area contributed by atoms with Crippen molar-refractivity contribution in [3.05, 3.63) is 92.3 Å². The third-order valence-corrected chi connectivity index (χ3v) is 5.40. The average Bonchev–Trinajstić information content (AvgIpc) is 3.29. The van der Waals surface area contributed by atoms with Crippen molar-refractivity contribution in [2.75, 3.05) is 0 Å². The summed E-state index contributed by atoms with van der Waals surface area (Å²) in [5.74, 6) is 1.14. The number of aryl methyl sites for hydroxylation is 2. The van der Waals surface area contributed by atoms with E-state index in [4.69, 9.17) is 4.74 Å². The second kappa shape index (κ2) is 9.04. The van der Waals surface area contributed by atoms with Gasteiger partial charge in [0.1, 0.15) is 12.4 Å². The summed E-state index contributed by atoms with van der Waals surface area (Å²) in [6, 6.07) is 19.7. The second-order valence-electron chi connectivity index (χ2n) is 6.86. The van der Waals surface area contributed by atoms with E-state index in [0.29, 0.717) is 24.4 Å². The lowest BCUT2D eigenvalue weighted by atomic mass is 10.1. The van der Waals surface area contributed by atoms with E-state index in [1.807, 2.05) is 48.5 Å². The molecule has 0 bridgehead atoms.